The van der Waals surface area contributed by atoms with Gasteiger partial charge in [0.1, 0.15) is 0 Å². The summed E-state index contributed by atoms with van der Waals surface area (Å²) in [5, 5.41) is 5.73. The lowest BCUT2D eigenvalue weighted by molar-refractivity contribution is 0.506. The Kier molecular flexibility index (Phi) is 5.00. The largest absolute Gasteiger partial charge is 0.306 e. The third kappa shape index (κ3) is 3.31. The fourth-order valence-electron chi connectivity index (χ4n) is 2.37. The van der Waals surface area contributed by atoms with Gasteiger partial charge in [-0.1, -0.05) is 58.0 Å². The molecule has 0 saturated carbocycles. The number of nitrogens with one attached hydrogen (secondary N) is 1. The summed E-state index contributed by atoms with van der Waals surface area (Å²) in [6.45, 7) is 10.0. The van der Waals surface area contributed by atoms with Gasteiger partial charge in [0, 0.05) is 4.88 Å². The van der Waals surface area contributed by atoms with E-state index < -0.39 is 0 Å². The molecule has 0 radical (unpaired) electrons. The van der Waals surface area contributed by atoms with Gasteiger partial charge in [-0.2, -0.15) is 0 Å². The lowest BCUT2D eigenvalue weighted by Gasteiger charge is -2.24. The van der Waals surface area contributed by atoms with Crippen LogP contribution in [0.2, 0.25) is 0 Å². The van der Waals surface area contributed by atoms with E-state index in [0.29, 0.717) is 6.04 Å². The first-order valence-corrected chi connectivity index (χ1v) is 8.33. The summed E-state index contributed by atoms with van der Waals surface area (Å²) in [5.41, 5.74) is 3.03. The highest BCUT2D eigenvalue weighted by Crippen LogP contribution is 2.30. The summed E-state index contributed by atoms with van der Waals surface area (Å²) in [5.74, 6) is 0. The summed E-state index contributed by atoms with van der Waals surface area (Å²) in [6, 6.07) is 13.8. The van der Waals surface area contributed by atoms with Crippen LogP contribution in [0.15, 0.2) is 41.8 Å². The number of hydrogen-bond donors (Lipinski definition) is 1. The van der Waals surface area contributed by atoms with Crippen molar-refractivity contribution in [2.24, 2.45) is 0 Å². The molecule has 1 heterocycles. The third-order valence-electron chi connectivity index (χ3n) is 4.15. The van der Waals surface area contributed by atoms with Crippen LogP contribution in [0, 0.1) is 0 Å². The molecule has 1 atom stereocenters. The summed E-state index contributed by atoms with van der Waals surface area (Å²) < 4.78 is 0. The molecule has 0 bridgehead atoms. The van der Waals surface area contributed by atoms with Crippen LogP contribution >= 0.6 is 11.3 Å². The molecule has 0 spiro atoms. The second-order valence-electron chi connectivity index (χ2n) is 5.87. The molecule has 0 aliphatic rings. The maximum Gasteiger partial charge on any atom is 0.0670 e. The summed E-state index contributed by atoms with van der Waals surface area (Å²) in [7, 11) is 0. The highest BCUT2D eigenvalue weighted by molar-refractivity contribution is 7.10. The lowest BCUT2D eigenvalue weighted by atomic mass is 9.82. The topological polar surface area (TPSA) is 12.0 Å². The average Bonchev–Trinajstić information content (AvgIpc) is 2.99. The van der Waals surface area contributed by atoms with Gasteiger partial charge in [0.05, 0.1) is 6.04 Å². The van der Waals surface area contributed by atoms with Crippen LogP contribution < -0.4 is 5.32 Å². The fraction of sp³-hybridized carbons (Fsp3) is 0.444. The minimum atomic E-state index is 0.259. The van der Waals surface area contributed by atoms with E-state index in [9.17, 15) is 0 Å². The van der Waals surface area contributed by atoms with E-state index >= 15 is 0 Å². The van der Waals surface area contributed by atoms with Gasteiger partial charge in [0.15, 0.2) is 0 Å². The molecule has 2 aromatic rings. The lowest BCUT2D eigenvalue weighted by Crippen LogP contribution is -2.21. The minimum Gasteiger partial charge on any atom is -0.306 e. The molecule has 2 heteroatoms. The van der Waals surface area contributed by atoms with Gasteiger partial charge < -0.3 is 5.32 Å². The van der Waals surface area contributed by atoms with Crippen molar-refractivity contribution in [1.82, 2.24) is 5.32 Å². The van der Waals surface area contributed by atoms with E-state index in [1.165, 1.54) is 16.0 Å². The van der Waals surface area contributed by atoms with Crippen LogP contribution in [-0.2, 0) is 5.41 Å². The number of thiophene rings is 1. The van der Waals surface area contributed by atoms with E-state index in [1.807, 2.05) is 11.3 Å². The predicted octanol–water partition coefficient (Wildman–Crippen LogP) is 5.13. The molecule has 108 valence electrons. The van der Waals surface area contributed by atoms with Gasteiger partial charge in [0.2, 0.25) is 0 Å². The molecule has 0 saturated heterocycles. The van der Waals surface area contributed by atoms with Crippen molar-refractivity contribution in [3.05, 3.63) is 57.8 Å². The molecular weight excluding hydrogens is 262 g/mol. The third-order valence-corrected chi connectivity index (χ3v) is 5.08. The van der Waals surface area contributed by atoms with Gasteiger partial charge >= 0.3 is 0 Å². The Morgan fingerprint density at radius 3 is 2.30 bits per heavy atom. The quantitative estimate of drug-likeness (QED) is 0.776. The van der Waals surface area contributed by atoms with Crippen molar-refractivity contribution >= 4 is 11.3 Å². The summed E-state index contributed by atoms with van der Waals surface area (Å²) in [4.78, 5) is 1.38. The molecule has 20 heavy (non-hydrogen) atoms. The molecule has 1 aromatic carbocycles. The number of rotatable bonds is 6. The van der Waals surface area contributed by atoms with E-state index in [-0.39, 0.29) is 5.41 Å². The zero-order chi connectivity index (χ0) is 14.6. The maximum absolute atomic E-state index is 3.58. The van der Waals surface area contributed by atoms with Crippen LogP contribution in [0.4, 0.5) is 0 Å². The smallest absolute Gasteiger partial charge is 0.0670 e. The molecule has 1 aromatic heterocycles. The maximum atomic E-state index is 3.58. The Morgan fingerprint density at radius 2 is 1.80 bits per heavy atom. The standard InChI is InChI=1S/C18H25NS/c1-5-18(3,4)15-11-9-14(10-12-15)17(19-6-2)16-8-7-13-20-16/h7-13,17,19H,5-6H2,1-4H3. The predicted molar refractivity (Wildman–Crippen MR) is 89.6 cm³/mol. The van der Waals surface area contributed by atoms with E-state index in [1.54, 1.807) is 0 Å². The Hall–Kier alpha value is -1.12. The second-order valence-corrected chi connectivity index (χ2v) is 6.84. The van der Waals surface area contributed by atoms with Crippen LogP contribution in [0.1, 0.15) is 56.2 Å². The molecule has 0 fully saturated rings. The monoisotopic (exact) mass is 287 g/mol. The summed E-state index contributed by atoms with van der Waals surface area (Å²) >= 11 is 1.82. The van der Waals surface area contributed by atoms with Gasteiger partial charge in [-0.3, -0.25) is 0 Å². The SMILES string of the molecule is CCNC(c1ccc(C(C)(C)CC)cc1)c1cccs1. The van der Waals surface area contributed by atoms with Gasteiger partial charge in [-0.25, -0.2) is 0 Å². The van der Waals surface area contributed by atoms with Crippen molar-refractivity contribution in [1.29, 1.82) is 0 Å². The first-order chi connectivity index (χ1) is 9.58. The van der Waals surface area contributed by atoms with Crippen LogP contribution in [0.3, 0.4) is 0 Å². The first-order valence-electron chi connectivity index (χ1n) is 7.45. The minimum absolute atomic E-state index is 0.259. The molecule has 1 nitrogen and oxygen atoms in total. The molecule has 1 unspecified atom stereocenters. The van der Waals surface area contributed by atoms with Crippen molar-refractivity contribution in [3.8, 4) is 0 Å². The van der Waals surface area contributed by atoms with Crippen LogP contribution in [0.25, 0.3) is 0 Å². The first kappa shape index (κ1) is 15.3. The number of hydrogen-bond acceptors (Lipinski definition) is 2. The van der Waals surface area contributed by atoms with E-state index in [4.69, 9.17) is 0 Å². The molecule has 0 aliphatic heterocycles. The van der Waals surface area contributed by atoms with Crippen LogP contribution in [-0.4, -0.2) is 6.54 Å². The van der Waals surface area contributed by atoms with Crippen molar-refractivity contribution < 1.29 is 0 Å². The second kappa shape index (κ2) is 6.55. The van der Waals surface area contributed by atoms with Crippen molar-refractivity contribution in [3.63, 3.8) is 0 Å². The van der Waals surface area contributed by atoms with Gasteiger partial charge in [-0.15, -0.1) is 11.3 Å². The summed E-state index contributed by atoms with van der Waals surface area (Å²) in [6.07, 6.45) is 1.16. The Labute approximate surface area is 127 Å². The van der Waals surface area contributed by atoms with Gasteiger partial charge in [-0.05, 0) is 41.0 Å². The Balaban J connectivity index is 2.27. The highest BCUT2D eigenvalue weighted by atomic mass is 32.1. The normalized spacial score (nSPS) is 13.4. The van der Waals surface area contributed by atoms with Crippen molar-refractivity contribution in [2.45, 2.75) is 45.6 Å². The Morgan fingerprint density at radius 1 is 1.10 bits per heavy atom. The zero-order valence-corrected chi connectivity index (χ0v) is 13.8. The molecule has 1 N–H and O–H groups in total. The highest BCUT2D eigenvalue weighted by Gasteiger charge is 2.19. The van der Waals surface area contributed by atoms with Crippen molar-refractivity contribution in [2.75, 3.05) is 6.54 Å². The van der Waals surface area contributed by atoms with E-state index in [0.717, 1.165) is 13.0 Å². The van der Waals surface area contributed by atoms with Crippen LogP contribution in [0.5, 0.6) is 0 Å². The molecule has 0 aliphatic carbocycles. The molecular formula is C18H25NS. The fourth-order valence-corrected chi connectivity index (χ4v) is 3.20. The zero-order valence-electron chi connectivity index (χ0n) is 12.9. The molecule has 0 amide bonds. The number of benzene rings is 1. The molecule has 2 rings (SSSR count). The average molecular weight is 287 g/mol. The van der Waals surface area contributed by atoms with E-state index in [2.05, 4.69) is 74.8 Å². The Bertz CT molecular complexity index is 511. The van der Waals surface area contributed by atoms with Gasteiger partial charge in [0.25, 0.3) is 0 Å².